The lowest BCUT2D eigenvalue weighted by atomic mass is 10.1. The molecule has 1 aliphatic carbocycles. The fraction of sp³-hybridized carbons (Fsp3) is 0.474. The van der Waals surface area contributed by atoms with E-state index < -0.39 is 0 Å². The molecule has 5 heteroatoms. The fourth-order valence-electron chi connectivity index (χ4n) is 3.51. The Morgan fingerprint density at radius 3 is 2.50 bits per heavy atom. The van der Waals surface area contributed by atoms with Gasteiger partial charge in [0.1, 0.15) is 0 Å². The molecule has 1 aromatic carbocycles. The van der Waals surface area contributed by atoms with Crippen molar-refractivity contribution >= 4 is 23.3 Å². The van der Waals surface area contributed by atoms with Crippen molar-refractivity contribution in [3.8, 4) is 0 Å². The molecule has 0 spiro atoms. The van der Waals surface area contributed by atoms with Crippen molar-refractivity contribution in [3.05, 3.63) is 35.9 Å². The number of nitrogens with one attached hydrogen (secondary N) is 2. The van der Waals surface area contributed by atoms with Crippen molar-refractivity contribution in [2.45, 2.75) is 27.7 Å². The molecule has 0 aromatic heterocycles. The van der Waals surface area contributed by atoms with Gasteiger partial charge in [-0.05, 0) is 49.4 Å². The number of nitrogens with zero attached hydrogens (tertiary/aromatic N) is 1. The number of amides is 3. The first kappa shape index (κ1) is 16.6. The van der Waals surface area contributed by atoms with E-state index >= 15 is 0 Å². The summed E-state index contributed by atoms with van der Waals surface area (Å²) < 4.78 is 0. The summed E-state index contributed by atoms with van der Waals surface area (Å²) in [6, 6.07) is 7.36. The molecule has 1 aliphatic heterocycles. The van der Waals surface area contributed by atoms with E-state index in [1.165, 1.54) is 5.57 Å². The second-order valence-corrected chi connectivity index (χ2v) is 7.49. The Morgan fingerprint density at radius 1 is 1.29 bits per heavy atom. The van der Waals surface area contributed by atoms with Gasteiger partial charge in [-0.1, -0.05) is 25.5 Å². The summed E-state index contributed by atoms with van der Waals surface area (Å²) in [7, 11) is 0. The maximum atomic E-state index is 12.6. The molecular formula is C19H25N3O2. The Labute approximate surface area is 143 Å². The van der Waals surface area contributed by atoms with Gasteiger partial charge in [-0.15, -0.1) is 0 Å². The van der Waals surface area contributed by atoms with Gasteiger partial charge in [-0.25, -0.2) is 4.79 Å². The third-order valence-corrected chi connectivity index (χ3v) is 5.01. The lowest BCUT2D eigenvalue weighted by Crippen LogP contribution is -2.27. The van der Waals surface area contributed by atoms with Gasteiger partial charge in [0.25, 0.3) is 0 Å². The van der Waals surface area contributed by atoms with Gasteiger partial charge in [0, 0.05) is 24.5 Å². The molecule has 2 aliphatic rings. The van der Waals surface area contributed by atoms with Gasteiger partial charge in [0.15, 0.2) is 0 Å². The van der Waals surface area contributed by atoms with E-state index in [4.69, 9.17) is 0 Å². The van der Waals surface area contributed by atoms with Crippen molar-refractivity contribution < 1.29 is 9.59 Å². The van der Waals surface area contributed by atoms with Crippen LogP contribution in [0.5, 0.6) is 0 Å². The number of hydrogen-bond acceptors (Lipinski definition) is 2. The maximum absolute atomic E-state index is 12.6. The number of anilines is 2. The van der Waals surface area contributed by atoms with E-state index in [2.05, 4.69) is 44.4 Å². The largest absolute Gasteiger partial charge is 0.336 e. The number of carbonyl (C=O) groups excluding carboxylic acids is 2. The van der Waals surface area contributed by atoms with Gasteiger partial charge >= 0.3 is 6.03 Å². The number of hydrogen-bond donors (Lipinski definition) is 2. The molecular weight excluding hydrogens is 302 g/mol. The Bertz CT molecular complexity index is 687. The summed E-state index contributed by atoms with van der Waals surface area (Å²) in [6.07, 6.45) is 2.19. The highest BCUT2D eigenvalue weighted by molar-refractivity contribution is 5.97. The van der Waals surface area contributed by atoms with Crippen LogP contribution in [-0.2, 0) is 4.79 Å². The normalized spacial score (nSPS) is 24.3. The lowest BCUT2D eigenvalue weighted by molar-refractivity contribution is -0.118. The van der Waals surface area contributed by atoms with Crippen LogP contribution >= 0.6 is 0 Å². The van der Waals surface area contributed by atoms with E-state index in [9.17, 15) is 9.59 Å². The predicted molar refractivity (Wildman–Crippen MR) is 96.0 cm³/mol. The summed E-state index contributed by atoms with van der Waals surface area (Å²) in [5.41, 5.74) is 2.87. The van der Waals surface area contributed by atoms with Crippen LogP contribution in [-0.4, -0.2) is 25.0 Å². The molecule has 3 rings (SSSR count). The Kier molecular flexibility index (Phi) is 4.11. The van der Waals surface area contributed by atoms with Crippen molar-refractivity contribution in [2.75, 3.05) is 23.3 Å². The van der Waals surface area contributed by atoms with Crippen LogP contribution in [0.2, 0.25) is 0 Å². The smallest absolute Gasteiger partial charge is 0.321 e. The molecule has 5 nitrogen and oxygen atoms in total. The summed E-state index contributed by atoms with van der Waals surface area (Å²) in [5, 5.41) is 5.78. The molecule has 0 radical (unpaired) electrons. The SMILES string of the molecule is CC(C)=C[C@H]1[C@H](C(=O)Nc2ccc(N3CCNC3=O)cc2)C1(C)C. The van der Waals surface area contributed by atoms with Gasteiger partial charge in [-0.2, -0.15) is 0 Å². The number of carbonyl (C=O) groups is 2. The first-order valence-electron chi connectivity index (χ1n) is 8.42. The van der Waals surface area contributed by atoms with Crippen LogP contribution in [0.3, 0.4) is 0 Å². The minimum atomic E-state index is -0.0731. The minimum absolute atomic E-state index is 0.00886. The molecule has 2 atom stereocenters. The van der Waals surface area contributed by atoms with Crippen molar-refractivity contribution in [1.29, 1.82) is 0 Å². The number of urea groups is 1. The first-order chi connectivity index (χ1) is 11.3. The van der Waals surface area contributed by atoms with Crippen molar-refractivity contribution in [2.24, 2.45) is 17.3 Å². The molecule has 1 saturated heterocycles. The fourth-order valence-corrected chi connectivity index (χ4v) is 3.51. The van der Waals surface area contributed by atoms with E-state index in [0.717, 1.165) is 11.4 Å². The minimum Gasteiger partial charge on any atom is -0.336 e. The molecule has 3 amide bonds. The van der Waals surface area contributed by atoms with E-state index in [-0.39, 0.29) is 23.3 Å². The number of allylic oxidation sites excluding steroid dienone is 2. The highest BCUT2D eigenvalue weighted by Gasteiger charge is 2.60. The van der Waals surface area contributed by atoms with Gasteiger partial charge < -0.3 is 10.6 Å². The molecule has 0 bridgehead atoms. The zero-order chi connectivity index (χ0) is 17.5. The molecule has 128 valence electrons. The van der Waals surface area contributed by atoms with Gasteiger partial charge in [0.2, 0.25) is 5.91 Å². The van der Waals surface area contributed by atoms with Crippen LogP contribution in [0.25, 0.3) is 0 Å². The summed E-state index contributed by atoms with van der Waals surface area (Å²) in [5.74, 6) is 0.376. The molecule has 2 N–H and O–H groups in total. The zero-order valence-corrected chi connectivity index (χ0v) is 14.7. The van der Waals surface area contributed by atoms with Crippen molar-refractivity contribution in [1.82, 2.24) is 5.32 Å². The van der Waals surface area contributed by atoms with Crippen LogP contribution in [0.4, 0.5) is 16.2 Å². The standard InChI is InChI=1S/C19H25N3O2/c1-12(2)11-15-16(19(15,3)4)17(23)21-13-5-7-14(8-6-13)22-10-9-20-18(22)24/h5-8,11,15-16H,9-10H2,1-4H3,(H,20,24)(H,21,23)/t15-,16+/m0/s1. The molecule has 1 aromatic rings. The van der Waals surface area contributed by atoms with Gasteiger partial charge in [-0.3, -0.25) is 9.69 Å². The highest BCUT2D eigenvalue weighted by Crippen LogP contribution is 2.59. The average molecular weight is 327 g/mol. The summed E-state index contributed by atoms with van der Waals surface area (Å²) in [4.78, 5) is 25.9. The molecule has 1 heterocycles. The van der Waals surface area contributed by atoms with Crippen LogP contribution < -0.4 is 15.5 Å². The van der Waals surface area contributed by atoms with E-state index in [0.29, 0.717) is 19.0 Å². The maximum Gasteiger partial charge on any atom is 0.321 e. The Balaban J connectivity index is 1.65. The topological polar surface area (TPSA) is 61.4 Å². The predicted octanol–water partition coefficient (Wildman–Crippen LogP) is 3.39. The van der Waals surface area contributed by atoms with Crippen LogP contribution in [0.15, 0.2) is 35.9 Å². The summed E-state index contributed by atoms with van der Waals surface area (Å²) in [6.45, 7) is 9.74. The first-order valence-corrected chi connectivity index (χ1v) is 8.42. The summed E-state index contributed by atoms with van der Waals surface area (Å²) >= 11 is 0. The quantitative estimate of drug-likeness (QED) is 0.833. The number of benzene rings is 1. The monoisotopic (exact) mass is 327 g/mol. The second-order valence-electron chi connectivity index (χ2n) is 7.49. The van der Waals surface area contributed by atoms with Crippen molar-refractivity contribution in [3.63, 3.8) is 0 Å². The Morgan fingerprint density at radius 2 is 1.96 bits per heavy atom. The Hall–Kier alpha value is -2.30. The van der Waals surface area contributed by atoms with Gasteiger partial charge in [0.05, 0.1) is 5.92 Å². The van der Waals surface area contributed by atoms with E-state index in [1.807, 2.05) is 24.3 Å². The third kappa shape index (κ3) is 3.03. The average Bonchev–Trinajstić information content (AvgIpc) is 2.82. The zero-order valence-electron chi connectivity index (χ0n) is 14.7. The molecule has 0 unspecified atom stereocenters. The molecule has 24 heavy (non-hydrogen) atoms. The third-order valence-electron chi connectivity index (χ3n) is 5.01. The number of rotatable bonds is 4. The second kappa shape index (κ2) is 5.96. The van der Waals surface area contributed by atoms with Crippen LogP contribution in [0, 0.1) is 17.3 Å². The van der Waals surface area contributed by atoms with E-state index in [1.54, 1.807) is 4.90 Å². The highest BCUT2D eigenvalue weighted by atomic mass is 16.2. The molecule has 1 saturated carbocycles. The lowest BCUT2D eigenvalue weighted by Gasteiger charge is -2.14. The van der Waals surface area contributed by atoms with Crippen LogP contribution in [0.1, 0.15) is 27.7 Å². The molecule has 2 fully saturated rings.